The van der Waals surface area contributed by atoms with Crippen LogP contribution in [-0.2, 0) is 24.0 Å². The Kier molecular flexibility index (Phi) is 18.3. The largest absolute Gasteiger partial charge is 0.481 e. The van der Waals surface area contributed by atoms with E-state index in [0.717, 1.165) is 0 Å². The molecule has 16 heteroatoms. The van der Waals surface area contributed by atoms with Gasteiger partial charge in [0.1, 0.15) is 18.1 Å². The summed E-state index contributed by atoms with van der Waals surface area (Å²) in [5.74, 6) is -4.19. The highest BCUT2D eigenvalue weighted by Crippen LogP contribution is 2.07. The van der Waals surface area contributed by atoms with E-state index >= 15 is 0 Å². The second kappa shape index (κ2) is 19.9. The van der Waals surface area contributed by atoms with Crippen molar-refractivity contribution in [1.29, 1.82) is 0 Å². The molecule has 0 spiro atoms. The summed E-state index contributed by atoms with van der Waals surface area (Å²) in [5, 5.41) is 25.9. The van der Waals surface area contributed by atoms with Crippen LogP contribution in [0.3, 0.4) is 0 Å². The summed E-state index contributed by atoms with van der Waals surface area (Å²) in [6.45, 7) is 0.529. The van der Waals surface area contributed by atoms with Gasteiger partial charge in [0.2, 0.25) is 17.7 Å². The van der Waals surface area contributed by atoms with Gasteiger partial charge in [-0.1, -0.05) is 0 Å². The number of nitrogens with two attached hydrogens (primary N) is 4. The normalized spacial score (nSPS) is 13.9. The van der Waals surface area contributed by atoms with Crippen molar-refractivity contribution >= 4 is 47.4 Å². The molecule has 13 N–H and O–H groups in total. The fraction of sp³-hybridized carbons (Fsp3) is 0.727. The molecule has 0 radical (unpaired) electrons. The molecule has 0 fully saturated rings. The summed E-state index contributed by atoms with van der Waals surface area (Å²) < 4.78 is 0. The molecule has 4 atom stereocenters. The average Bonchev–Trinajstić information content (AvgIpc) is 2.85. The second-order valence-electron chi connectivity index (χ2n) is 8.58. The molecule has 15 nitrogen and oxygen atoms in total. The number of aliphatic carboxylic acids is 2. The van der Waals surface area contributed by atoms with Crippen LogP contribution >= 0.6 is 11.8 Å². The average molecular weight is 563 g/mol. The van der Waals surface area contributed by atoms with E-state index in [4.69, 9.17) is 28.0 Å². The standard InChI is InChI=1S/C22H42N8O7S/c1-38-12-9-13(24)18(33)28-14(6-4-11-27-22(25)26)19(34)29-15(7-8-17(31)32)20(35)30-16(21(36)37)5-2-3-10-23/h13-16H,2-12,23-24H2,1H3,(H,28,33)(H,29,34)(H,30,35)(H,31,32)(H,36,37)(H4,25,26,27). The SMILES string of the molecule is CSCCC(N)C(=O)NC(CCCN=C(N)N)C(=O)NC(CCC(=O)O)C(=O)NC(CCCCN)C(=O)O. The van der Waals surface area contributed by atoms with Crippen LogP contribution in [0.2, 0.25) is 0 Å². The topological polar surface area (TPSA) is 278 Å². The number of guanidine groups is 1. The minimum Gasteiger partial charge on any atom is -0.481 e. The highest BCUT2D eigenvalue weighted by atomic mass is 32.2. The number of nitrogens with one attached hydrogen (secondary N) is 3. The Balaban J connectivity index is 5.62. The number of rotatable bonds is 21. The first-order valence-corrected chi connectivity index (χ1v) is 13.7. The first kappa shape index (κ1) is 34.9. The number of hydrogen-bond acceptors (Lipinski definition) is 9. The molecule has 0 aliphatic carbocycles. The summed E-state index contributed by atoms with van der Waals surface area (Å²) in [6, 6.07) is -4.61. The zero-order valence-electron chi connectivity index (χ0n) is 21.7. The van der Waals surface area contributed by atoms with Gasteiger partial charge in [0.25, 0.3) is 0 Å². The van der Waals surface area contributed by atoms with Crippen LogP contribution in [0, 0.1) is 0 Å². The van der Waals surface area contributed by atoms with E-state index < -0.39 is 60.2 Å². The number of thioether (sulfide) groups is 1. The number of unbranched alkanes of at least 4 members (excludes halogenated alkanes) is 1. The highest BCUT2D eigenvalue weighted by molar-refractivity contribution is 7.98. The number of nitrogens with zero attached hydrogens (tertiary/aromatic N) is 1. The lowest BCUT2D eigenvalue weighted by Gasteiger charge is -2.25. The van der Waals surface area contributed by atoms with Crippen molar-refractivity contribution in [2.45, 2.75) is 75.5 Å². The monoisotopic (exact) mass is 562 g/mol. The molecule has 0 heterocycles. The molecule has 0 aromatic rings. The maximum Gasteiger partial charge on any atom is 0.326 e. The van der Waals surface area contributed by atoms with Gasteiger partial charge in [0.15, 0.2) is 5.96 Å². The number of hydrogen-bond donors (Lipinski definition) is 9. The molecule has 0 aliphatic rings. The van der Waals surface area contributed by atoms with Gasteiger partial charge < -0.3 is 49.1 Å². The summed E-state index contributed by atoms with van der Waals surface area (Å²) in [4.78, 5) is 65.1. The van der Waals surface area contributed by atoms with Crippen LogP contribution in [0.4, 0.5) is 0 Å². The molecule has 38 heavy (non-hydrogen) atoms. The van der Waals surface area contributed by atoms with E-state index in [1.54, 1.807) is 0 Å². The lowest BCUT2D eigenvalue weighted by molar-refractivity contribution is -0.143. The lowest BCUT2D eigenvalue weighted by Crippen LogP contribution is -2.57. The van der Waals surface area contributed by atoms with Crippen molar-refractivity contribution < 1.29 is 34.2 Å². The number of carboxylic acid groups (broad SMARTS) is 2. The van der Waals surface area contributed by atoms with Gasteiger partial charge in [-0.15, -0.1) is 0 Å². The number of carbonyl (C=O) groups is 5. The van der Waals surface area contributed by atoms with Gasteiger partial charge in [-0.25, -0.2) is 4.79 Å². The third-order valence-electron chi connectivity index (χ3n) is 5.39. The van der Waals surface area contributed by atoms with E-state index in [1.807, 2.05) is 6.26 Å². The van der Waals surface area contributed by atoms with Gasteiger partial charge in [-0.2, -0.15) is 11.8 Å². The highest BCUT2D eigenvalue weighted by Gasteiger charge is 2.30. The molecule has 0 aromatic heterocycles. The molecular formula is C22H42N8O7S. The molecule has 0 saturated heterocycles. The summed E-state index contributed by atoms with van der Waals surface area (Å²) >= 11 is 1.51. The van der Waals surface area contributed by atoms with E-state index in [0.29, 0.717) is 38.0 Å². The van der Waals surface area contributed by atoms with Gasteiger partial charge in [0, 0.05) is 13.0 Å². The third-order valence-corrected chi connectivity index (χ3v) is 6.03. The second-order valence-corrected chi connectivity index (χ2v) is 9.56. The van der Waals surface area contributed by atoms with Gasteiger partial charge in [-0.05, 0) is 63.5 Å². The Morgan fingerprint density at radius 2 is 1.37 bits per heavy atom. The van der Waals surface area contributed by atoms with Gasteiger partial charge in [0.05, 0.1) is 6.04 Å². The summed E-state index contributed by atoms with van der Waals surface area (Å²) in [5.41, 5.74) is 22.0. The van der Waals surface area contributed by atoms with Gasteiger partial charge >= 0.3 is 11.9 Å². The predicted octanol–water partition coefficient (Wildman–Crippen LogP) is -2.35. The van der Waals surface area contributed by atoms with Crippen molar-refractivity contribution in [2.75, 3.05) is 25.1 Å². The van der Waals surface area contributed by atoms with Crippen LogP contribution < -0.4 is 38.9 Å². The molecule has 0 saturated carbocycles. The lowest BCUT2D eigenvalue weighted by atomic mass is 10.1. The van der Waals surface area contributed by atoms with Crippen LogP contribution in [0.25, 0.3) is 0 Å². The molecular weight excluding hydrogens is 520 g/mol. The van der Waals surface area contributed by atoms with E-state index in [9.17, 15) is 29.1 Å². The minimum absolute atomic E-state index is 0.0910. The smallest absolute Gasteiger partial charge is 0.326 e. The zero-order valence-corrected chi connectivity index (χ0v) is 22.5. The van der Waals surface area contributed by atoms with Crippen molar-refractivity contribution in [1.82, 2.24) is 16.0 Å². The number of aliphatic imine (C=N–C) groups is 1. The summed E-state index contributed by atoms with van der Waals surface area (Å²) in [7, 11) is 0. The maximum atomic E-state index is 13.1. The Morgan fingerprint density at radius 1 is 0.816 bits per heavy atom. The fourth-order valence-corrected chi connectivity index (χ4v) is 3.75. The van der Waals surface area contributed by atoms with E-state index in [-0.39, 0.29) is 31.8 Å². The van der Waals surface area contributed by atoms with Crippen LogP contribution in [0.5, 0.6) is 0 Å². The predicted molar refractivity (Wildman–Crippen MR) is 144 cm³/mol. The number of carboxylic acids is 2. The Hall–Kier alpha value is -3.11. The van der Waals surface area contributed by atoms with E-state index in [2.05, 4.69) is 20.9 Å². The fourth-order valence-electron chi connectivity index (χ4n) is 3.26. The quantitative estimate of drug-likeness (QED) is 0.0404. The van der Waals surface area contributed by atoms with Crippen LogP contribution in [0.1, 0.15) is 51.4 Å². The van der Waals surface area contributed by atoms with Crippen LogP contribution in [0.15, 0.2) is 4.99 Å². The molecule has 0 aromatic carbocycles. The molecule has 3 amide bonds. The van der Waals surface area contributed by atoms with Crippen molar-refractivity contribution in [2.24, 2.45) is 27.9 Å². The number of amides is 3. The summed E-state index contributed by atoms with van der Waals surface area (Å²) in [6.07, 6.45) is 2.96. The minimum atomic E-state index is -1.36. The van der Waals surface area contributed by atoms with Crippen molar-refractivity contribution in [3.8, 4) is 0 Å². The first-order valence-electron chi connectivity index (χ1n) is 12.3. The first-order chi connectivity index (χ1) is 17.9. The van der Waals surface area contributed by atoms with Crippen LogP contribution in [-0.4, -0.2) is 95.1 Å². The van der Waals surface area contributed by atoms with E-state index in [1.165, 1.54) is 11.8 Å². The molecule has 218 valence electrons. The van der Waals surface area contributed by atoms with Gasteiger partial charge in [-0.3, -0.25) is 24.2 Å². The Bertz CT molecular complexity index is 811. The van der Waals surface area contributed by atoms with Crippen molar-refractivity contribution in [3.63, 3.8) is 0 Å². The third kappa shape index (κ3) is 15.9. The molecule has 0 aliphatic heterocycles. The molecule has 4 unspecified atom stereocenters. The zero-order chi connectivity index (χ0) is 29.1. The number of carbonyl (C=O) groups excluding carboxylic acids is 3. The molecule has 0 bridgehead atoms. The Morgan fingerprint density at radius 3 is 1.89 bits per heavy atom. The maximum absolute atomic E-state index is 13.1. The molecule has 0 rings (SSSR count). The van der Waals surface area contributed by atoms with Crippen molar-refractivity contribution in [3.05, 3.63) is 0 Å². The Labute approximate surface area is 226 Å².